The lowest BCUT2D eigenvalue weighted by Gasteiger charge is -2.29. The number of phosphoric ester groups is 1. The number of aliphatic hydroxyl groups excluding tert-OH is 1. The number of unbranched alkanes of at least 4 members (excludes halogenated alkanes) is 49. The number of rotatable bonds is 66. The van der Waals surface area contributed by atoms with Gasteiger partial charge in [0.25, 0.3) is 7.82 Å². The molecule has 3 atom stereocenters. The average Bonchev–Trinajstić information content (AvgIpc) is 3.42. The van der Waals surface area contributed by atoms with Crippen LogP contribution in [-0.4, -0.2) is 68.5 Å². The van der Waals surface area contributed by atoms with E-state index < -0.39 is 20.0 Å². The van der Waals surface area contributed by atoms with Gasteiger partial charge < -0.3 is 28.8 Å². The van der Waals surface area contributed by atoms with Crippen LogP contribution >= 0.6 is 7.82 Å². The fraction of sp³-hybridized carbons (Fsp3) is 0.901. The highest BCUT2D eigenvalue weighted by Gasteiger charge is 2.23. The first kappa shape index (κ1) is 78.7. The number of allylic oxidation sites excluding steroid dienone is 5. The summed E-state index contributed by atoms with van der Waals surface area (Å²) in [4.78, 5) is 25.6. The minimum atomic E-state index is -4.61. The van der Waals surface area contributed by atoms with Crippen LogP contribution in [0.1, 0.15) is 361 Å². The molecule has 474 valence electrons. The summed E-state index contributed by atoms with van der Waals surface area (Å²) >= 11 is 0. The molecule has 0 heterocycles. The lowest BCUT2D eigenvalue weighted by Crippen LogP contribution is -2.45. The van der Waals surface area contributed by atoms with Crippen molar-refractivity contribution in [3.63, 3.8) is 0 Å². The maximum atomic E-state index is 13.0. The monoisotopic (exact) mass is 1150 g/mol. The van der Waals surface area contributed by atoms with Crippen molar-refractivity contribution < 1.29 is 32.9 Å². The Hall–Kier alpha value is -1.28. The van der Waals surface area contributed by atoms with Gasteiger partial charge in [0.05, 0.1) is 39.9 Å². The van der Waals surface area contributed by atoms with Gasteiger partial charge in [-0.05, 0) is 57.8 Å². The molecule has 3 unspecified atom stereocenters. The molecule has 0 aliphatic heterocycles. The molecule has 0 spiro atoms. The van der Waals surface area contributed by atoms with Crippen molar-refractivity contribution in [2.24, 2.45) is 0 Å². The molecule has 0 aromatic carbocycles. The molecule has 0 fully saturated rings. The standard InChI is InChI=1S/C71H139N2O6P/c1-6-8-10-12-14-16-18-20-22-24-26-28-30-31-32-33-34-35-36-37-38-39-40-41-43-45-47-49-51-53-55-57-59-61-63-65-71(75)72-69(68-79-80(76,77)78-67-66-73(3,4)5)70(74)64-62-60-58-56-54-52-50-48-46-44-42-29-27-25-23-21-19-17-15-13-11-9-7-2/h24,26,54,56,62,64,69-70,74H,6-23,25,27-53,55,57-61,63,65-68H2,1-5H3,(H-,72,75,76,77)/b26-24-,56-54+,64-62+. The first-order chi connectivity index (χ1) is 39.0. The normalized spacial score (nSPS) is 13.8. The third kappa shape index (κ3) is 64.3. The number of amides is 1. The molecule has 0 saturated heterocycles. The van der Waals surface area contributed by atoms with Crippen molar-refractivity contribution in [2.75, 3.05) is 40.9 Å². The zero-order chi connectivity index (χ0) is 58.4. The van der Waals surface area contributed by atoms with E-state index in [2.05, 4.69) is 43.5 Å². The zero-order valence-electron chi connectivity index (χ0n) is 54.3. The van der Waals surface area contributed by atoms with Gasteiger partial charge in [0.2, 0.25) is 5.91 Å². The van der Waals surface area contributed by atoms with E-state index >= 15 is 0 Å². The molecule has 9 heteroatoms. The molecule has 0 aromatic heterocycles. The highest BCUT2D eigenvalue weighted by atomic mass is 31.2. The van der Waals surface area contributed by atoms with Crippen molar-refractivity contribution in [3.05, 3.63) is 36.5 Å². The van der Waals surface area contributed by atoms with E-state index in [1.54, 1.807) is 6.08 Å². The highest BCUT2D eigenvalue weighted by molar-refractivity contribution is 7.45. The Bertz CT molecular complexity index is 1400. The summed E-state index contributed by atoms with van der Waals surface area (Å²) in [6.45, 7) is 4.68. The van der Waals surface area contributed by atoms with Gasteiger partial charge in [0.15, 0.2) is 0 Å². The molecule has 0 radical (unpaired) electrons. The van der Waals surface area contributed by atoms with Crippen LogP contribution in [-0.2, 0) is 18.4 Å². The minimum Gasteiger partial charge on any atom is -0.756 e. The van der Waals surface area contributed by atoms with Crippen molar-refractivity contribution >= 4 is 13.7 Å². The van der Waals surface area contributed by atoms with Crippen molar-refractivity contribution in [3.8, 4) is 0 Å². The number of likely N-dealkylation sites (N-methyl/N-ethyl adjacent to an activating group) is 1. The van der Waals surface area contributed by atoms with E-state index in [0.717, 1.165) is 38.5 Å². The number of hydrogen-bond donors (Lipinski definition) is 2. The topological polar surface area (TPSA) is 108 Å². The molecule has 0 aliphatic rings. The lowest BCUT2D eigenvalue weighted by atomic mass is 10.0. The second kappa shape index (κ2) is 62.3. The molecule has 0 bridgehead atoms. The molecular formula is C71H139N2O6P. The average molecular weight is 1150 g/mol. The zero-order valence-corrected chi connectivity index (χ0v) is 55.2. The predicted octanol–water partition coefficient (Wildman–Crippen LogP) is 21.8. The number of nitrogens with zero attached hydrogens (tertiary/aromatic N) is 1. The third-order valence-electron chi connectivity index (χ3n) is 16.3. The smallest absolute Gasteiger partial charge is 0.268 e. The van der Waals surface area contributed by atoms with Gasteiger partial charge in [-0.15, -0.1) is 0 Å². The molecule has 0 rings (SSSR count). The fourth-order valence-electron chi connectivity index (χ4n) is 10.8. The van der Waals surface area contributed by atoms with Gasteiger partial charge >= 0.3 is 0 Å². The molecular weight excluding hydrogens is 1010 g/mol. The largest absolute Gasteiger partial charge is 0.756 e. The Labute approximate surface area is 499 Å². The molecule has 0 aliphatic carbocycles. The Balaban J connectivity index is 4.01. The van der Waals surface area contributed by atoms with E-state index in [-0.39, 0.29) is 19.1 Å². The Kier molecular flexibility index (Phi) is 61.3. The van der Waals surface area contributed by atoms with Crippen LogP contribution < -0.4 is 10.2 Å². The molecule has 0 aromatic rings. The van der Waals surface area contributed by atoms with Gasteiger partial charge in [0, 0.05) is 6.42 Å². The SMILES string of the molecule is CCCCCCCCCC/C=C\CCCCCCCCCCCCCCCCCCCCCCCCCC(=O)NC(COP(=O)([O-])OCC[N+](C)(C)C)C(O)/C=C/CC/C=C/CCCCCCCCCCCCCCCCCCC. The van der Waals surface area contributed by atoms with E-state index in [1.165, 1.54) is 302 Å². The Morgan fingerprint density at radius 3 is 1.01 bits per heavy atom. The van der Waals surface area contributed by atoms with Gasteiger partial charge in [-0.3, -0.25) is 9.36 Å². The van der Waals surface area contributed by atoms with Gasteiger partial charge in [-0.2, -0.15) is 0 Å². The Morgan fingerprint density at radius 1 is 0.425 bits per heavy atom. The predicted molar refractivity (Wildman–Crippen MR) is 348 cm³/mol. The quantitative estimate of drug-likeness (QED) is 0.0272. The maximum absolute atomic E-state index is 13.0. The van der Waals surface area contributed by atoms with Crippen LogP contribution in [0.4, 0.5) is 0 Å². The summed E-state index contributed by atoms with van der Waals surface area (Å²) in [6.07, 6.45) is 82.8. The van der Waals surface area contributed by atoms with E-state index in [0.29, 0.717) is 17.4 Å². The molecule has 8 nitrogen and oxygen atoms in total. The molecule has 2 N–H and O–H groups in total. The van der Waals surface area contributed by atoms with Crippen molar-refractivity contribution in [1.82, 2.24) is 5.32 Å². The molecule has 80 heavy (non-hydrogen) atoms. The fourth-order valence-corrected chi connectivity index (χ4v) is 11.5. The van der Waals surface area contributed by atoms with E-state index in [1.807, 2.05) is 27.2 Å². The number of carbonyl (C=O) groups is 1. The number of hydrogen-bond acceptors (Lipinski definition) is 6. The highest BCUT2D eigenvalue weighted by Crippen LogP contribution is 2.38. The summed E-state index contributed by atoms with van der Waals surface area (Å²) in [5, 5.41) is 13.9. The van der Waals surface area contributed by atoms with E-state index in [9.17, 15) is 19.4 Å². The number of aliphatic hydroxyl groups is 1. The summed E-state index contributed by atoms with van der Waals surface area (Å²) in [6, 6.07) is -0.903. The second-order valence-corrected chi connectivity index (χ2v) is 27.0. The molecule has 1 amide bonds. The van der Waals surface area contributed by atoms with Gasteiger partial charge in [-0.1, -0.05) is 333 Å². The van der Waals surface area contributed by atoms with Crippen molar-refractivity contribution in [2.45, 2.75) is 373 Å². The van der Waals surface area contributed by atoms with Crippen LogP contribution in [0.15, 0.2) is 36.5 Å². The van der Waals surface area contributed by atoms with Crippen LogP contribution in [0, 0.1) is 0 Å². The van der Waals surface area contributed by atoms with Crippen LogP contribution in [0.25, 0.3) is 0 Å². The Morgan fingerprint density at radius 2 is 0.700 bits per heavy atom. The number of carbonyl (C=O) groups excluding carboxylic acids is 1. The summed E-state index contributed by atoms with van der Waals surface area (Å²) in [5.74, 6) is -0.199. The molecule has 0 saturated carbocycles. The summed E-state index contributed by atoms with van der Waals surface area (Å²) < 4.78 is 23.4. The van der Waals surface area contributed by atoms with Crippen LogP contribution in [0.5, 0.6) is 0 Å². The summed E-state index contributed by atoms with van der Waals surface area (Å²) in [7, 11) is 1.26. The first-order valence-electron chi connectivity index (χ1n) is 35.4. The van der Waals surface area contributed by atoms with E-state index in [4.69, 9.17) is 9.05 Å². The van der Waals surface area contributed by atoms with Crippen LogP contribution in [0.3, 0.4) is 0 Å². The minimum absolute atomic E-state index is 0.00428. The van der Waals surface area contributed by atoms with Crippen molar-refractivity contribution in [1.29, 1.82) is 0 Å². The first-order valence-corrected chi connectivity index (χ1v) is 36.8. The van der Waals surface area contributed by atoms with Gasteiger partial charge in [0.1, 0.15) is 13.2 Å². The second-order valence-electron chi connectivity index (χ2n) is 25.6. The lowest BCUT2D eigenvalue weighted by molar-refractivity contribution is -0.870. The number of quaternary nitrogens is 1. The maximum Gasteiger partial charge on any atom is 0.268 e. The van der Waals surface area contributed by atoms with Crippen LogP contribution in [0.2, 0.25) is 0 Å². The number of phosphoric acid groups is 1. The van der Waals surface area contributed by atoms with Gasteiger partial charge in [-0.25, -0.2) is 0 Å². The summed E-state index contributed by atoms with van der Waals surface area (Å²) in [5.41, 5.74) is 0. The number of nitrogens with one attached hydrogen (secondary N) is 1. The third-order valence-corrected chi connectivity index (χ3v) is 17.3.